The van der Waals surface area contributed by atoms with Crippen LogP contribution in [0.3, 0.4) is 0 Å². The lowest BCUT2D eigenvalue weighted by Crippen LogP contribution is -2.35. The Hall–Kier alpha value is -0.320. The van der Waals surface area contributed by atoms with Crippen LogP contribution in [0.15, 0.2) is 0 Å². The molecule has 0 spiro atoms. The molecule has 0 aliphatic carbocycles. The molecule has 0 atom stereocenters. The summed E-state index contributed by atoms with van der Waals surface area (Å²) in [6.45, 7) is 3.59. The molecule has 16 heavy (non-hydrogen) atoms. The number of halogens is 1. The first-order valence-electron chi connectivity index (χ1n) is 5.80. The van der Waals surface area contributed by atoms with E-state index in [-0.39, 0.29) is 18.3 Å². The van der Waals surface area contributed by atoms with Crippen molar-refractivity contribution in [3.05, 3.63) is 0 Å². The first kappa shape index (κ1) is 15.7. The molecular formula is C11H24ClN3O. The molecule has 1 aliphatic rings. The predicted molar refractivity (Wildman–Crippen MR) is 69.0 cm³/mol. The summed E-state index contributed by atoms with van der Waals surface area (Å²) in [5.41, 5.74) is 0. The molecule has 5 heteroatoms. The summed E-state index contributed by atoms with van der Waals surface area (Å²) < 4.78 is 0. The van der Waals surface area contributed by atoms with Gasteiger partial charge in [0.2, 0.25) is 5.91 Å². The van der Waals surface area contributed by atoms with Crippen LogP contribution in [-0.2, 0) is 4.79 Å². The summed E-state index contributed by atoms with van der Waals surface area (Å²) in [6.07, 6.45) is 3.63. The fraction of sp³-hybridized carbons (Fsp3) is 0.909. The first-order valence-corrected chi connectivity index (χ1v) is 5.80. The molecule has 0 unspecified atom stereocenters. The van der Waals surface area contributed by atoms with Gasteiger partial charge in [-0.1, -0.05) is 0 Å². The zero-order chi connectivity index (χ0) is 11.1. The molecular weight excluding hydrogens is 226 g/mol. The Morgan fingerprint density at radius 1 is 1.38 bits per heavy atom. The quantitative estimate of drug-likeness (QED) is 0.745. The molecule has 0 aromatic heterocycles. The summed E-state index contributed by atoms with van der Waals surface area (Å²) in [7, 11) is 3.82. The molecule has 1 rings (SSSR count). The fourth-order valence-electron chi connectivity index (χ4n) is 1.93. The third kappa shape index (κ3) is 7.04. The number of likely N-dealkylation sites (N-methyl/N-ethyl adjacent to an activating group) is 1. The Morgan fingerprint density at radius 3 is 2.56 bits per heavy atom. The van der Waals surface area contributed by atoms with Crippen molar-refractivity contribution < 1.29 is 4.79 Å². The maximum atomic E-state index is 11.3. The van der Waals surface area contributed by atoms with Crippen molar-refractivity contribution in [2.24, 2.45) is 5.92 Å². The first-order chi connectivity index (χ1) is 7.18. The van der Waals surface area contributed by atoms with E-state index in [1.54, 1.807) is 0 Å². The van der Waals surface area contributed by atoms with Gasteiger partial charge in [-0.15, -0.1) is 12.4 Å². The number of hydrogen-bond donors (Lipinski definition) is 2. The largest absolute Gasteiger partial charge is 0.355 e. The van der Waals surface area contributed by atoms with Gasteiger partial charge < -0.3 is 15.5 Å². The van der Waals surface area contributed by atoms with Crippen molar-refractivity contribution in [2.75, 3.05) is 40.3 Å². The number of nitrogens with zero attached hydrogens (tertiary/aromatic N) is 1. The average molecular weight is 250 g/mol. The highest BCUT2D eigenvalue weighted by Gasteiger charge is 2.12. The van der Waals surface area contributed by atoms with Crippen LogP contribution < -0.4 is 10.6 Å². The minimum Gasteiger partial charge on any atom is -0.355 e. The molecule has 1 aliphatic heterocycles. The lowest BCUT2D eigenvalue weighted by molar-refractivity contribution is -0.121. The second-order valence-corrected chi connectivity index (χ2v) is 4.57. The van der Waals surface area contributed by atoms with Crippen LogP contribution in [0, 0.1) is 5.92 Å². The highest BCUT2D eigenvalue weighted by atomic mass is 35.5. The van der Waals surface area contributed by atoms with Crippen LogP contribution in [0.25, 0.3) is 0 Å². The van der Waals surface area contributed by atoms with Crippen molar-refractivity contribution in [1.29, 1.82) is 0 Å². The zero-order valence-electron chi connectivity index (χ0n) is 10.3. The molecule has 0 saturated carbocycles. The fourth-order valence-corrected chi connectivity index (χ4v) is 1.93. The minimum absolute atomic E-state index is 0. The van der Waals surface area contributed by atoms with Crippen LogP contribution in [0.1, 0.15) is 19.3 Å². The molecule has 0 bridgehead atoms. The topological polar surface area (TPSA) is 44.4 Å². The number of rotatable bonds is 5. The number of hydrogen-bond acceptors (Lipinski definition) is 3. The van der Waals surface area contributed by atoms with E-state index in [1.165, 1.54) is 12.8 Å². The van der Waals surface area contributed by atoms with E-state index in [1.807, 2.05) is 19.0 Å². The highest BCUT2D eigenvalue weighted by molar-refractivity contribution is 5.85. The van der Waals surface area contributed by atoms with Gasteiger partial charge in [0, 0.05) is 6.54 Å². The summed E-state index contributed by atoms with van der Waals surface area (Å²) >= 11 is 0. The van der Waals surface area contributed by atoms with Crippen LogP contribution in [-0.4, -0.2) is 51.1 Å². The van der Waals surface area contributed by atoms with Crippen molar-refractivity contribution >= 4 is 18.3 Å². The molecule has 1 saturated heterocycles. The van der Waals surface area contributed by atoms with Crippen LogP contribution in [0.5, 0.6) is 0 Å². The van der Waals surface area contributed by atoms with Gasteiger partial charge in [0.15, 0.2) is 0 Å². The molecule has 0 aromatic rings. The monoisotopic (exact) mass is 249 g/mol. The molecule has 1 heterocycles. The number of nitrogens with one attached hydrogen (secondary N) is 2. The zero-order valence-corrected chi connectivity index (χ0v) is 11.1. The Bertz CT molecular complexity index is 194. The van der Waals surface area contributed by atoms with E-state index < -0.39 is 0 Å². The minimum atomic E-state index is 0. The van der Waals surface area contributed by atoms with Crippen LogP contribution in [0.4, 0.5) is 0 Å². The van der Waals surface area contributed by atoms with E-state index in [0.29, 0.717) is 6.54 Å². The van der Waals surface area contributed by atoms with E-state index in [9.17, 15) is 4.79 Å². The third-order valence-corrected chi connectivity index (χ3v) is 2.79. The Labute approximate surface area is 105 Å². The maximum absolute atomic E-state index is 11.3. The molecule has 4 nitrogen and oxygen atoms in total. The second-order valence-electron chi connectivity index (χ2n) is 4.57. The Morgan fingerprint density at radius 2 is 2.00 bits per heavy atom. The Balaban J connectivity index is 0.00000225. The van der Waals surface area contributed by atoms with E-state index >= 15 is 0 Å². The van der Waals surface area contributed by atoms with Crippen molar-refractivity contribution in [1.82, 2.24) is 15.5 Å². The predicted octanol–water partition coefficient (Wildman–Crippen LogP) is 0.476. The normalized spacial score (nSPS) is 16.9. The van der Waals surface area contributed by atoms with Gasteiger partial charge in [0.25, 0.3) is 0 Å². The lowest BCUT2D eigenvalue weighted by atomic mass is 9.95. The van der Waals surface area contributed by atoms with Gasteiger partial charge in [0.05, 0.1) is 6.54 Å². The Kier molecular flexibility index (Phi) is 8.61. The lowest BCUT2D eigenvalue weighted by Gasteiger charge is -2.22. The molecule has 1 fully saturated rings. The van der Waals surface area contributed by atoms with Gasteiger partial charge in [-0.3, -0.25) is 4.79 Å². The maximum Gasteiger partial charge on any atom is 0.234 e. The summed E-state index contributed by atoms with van der Waals surface area (Å²) in [6, 6.07) is 0. The van der Waals surface area contributed by atoms with E-state index in [4.69, 9.17) is 0 Å². The number of carbonyl (C=O) groups is 1. The van der Waals surface area contributed by atoms with E-state index in [0.717, 1.165) is 32.0 Å². The van der Waals surface area contributed by atoms with Gasteiger partial charge in [-0.25, -0.2) is 0 Å². The second kappa shape index (κ2) is 8.79. The van der Waals surface area contributed by atoms with Crippen molar-refractivity contribution in [3.8, 4) is 0 Å². The molecule has 0 aromatic carbocycles. The summed E-state index contributed by atoms with van der Waals surface area (Å²) in [5.74, 6) is 0.930. The average Bonchev–Trinajstić information content (AvgIpc) is 2.18. The molecule has 2 N–H and O–H groups in total. The summed E-state index contributed by atoms with van der Waals surface area (Å²) in [5, 5.41) is 6.31. The van der Waals surface area contributed by atoms with Crippen LogP contribution >= 0.6 is 12.4 Å². The van der Waals surface area contributed by atoms with E-state index in [2.05, 4.69) is 10.6 Å². The summed E-state index contributed by atoms with van der Waals surface area (Å²) in [4.78, 5) is 13.2. The smallest absolute Gasteiger partial charge is 0.234 e. The molecule has 96 valence electrons. The van der Waals surface area contributed by atoms with Gasteiger partial charge in [0.1, 0.15) is 0 Å². The third-order valence-electron chi connectivity index (χ3n) is 2.79. The highest BCUT2D eigenvalue weighted by Crippen LogP contribution is 2.14. The van der Waals surface area contributed by atoms with Gasteiger partial charge >= 0.3 is 0 Å². The standard InChI is InChI=1S/C11H23N3O.ClH/c1-14(2)9-11(15)13-8-5-10-3-6-12-7-4-10;/h10,12H,3-9H2,1-2H3,(H,13,15);1H. The number of piperidine rings is 1. The molecule has 1 amide bonds. The number of carbonyl (C=O) groups excluding carboxylic acids is 1. The van der Waals surface area contributed by atoms with Gasteiger partial charge in [-0.2, -0.15) is 0 Å². The van der Waals surface area contributed by atoms with Crippen molar-refractivity contribution in [2.45, 2.75) is 19.3 Å². The van der Waals surface area contributed by atoms with Crippen molar-refractivity contribution in [3.63, 3.8) is 0 Å². The van der Waals surface area contributed by atoms with Gasteiger partial charge in [-0.05, 0) is 52.4 Å². The molecule has 0 radical (unpaired) electrons. The SMILES string of the molecule is CN(C)CC(=O)NCCC1CCNCC1.Cl. The van der Waals surface area contributed by atoms with Crippen LogP contribution in [0.2, 0.25) is 0 Å². The number of amides is 1.